The summed E-state index contributed by atoms with van der Waals surface area (Å²) in [5.74, 6) is 0.134. The molecule has 0 saturated carbocycles. The Labute approximate surface area is 138 Å². The second-order valence-corrected chi connectivity index (χ2v) is 7.65. The van der Waals surface area contributed by atoms with Crippen LogP contribution in [0.5, 0.6) is 0 Å². The van der Waals surface area contributed by atoms with Crippen LogP contribution in [0.3, 0.4) is 0 Å². The molecule has 2 N–H and O–H groups in total. The van der Waals surface area contributed by atoms with Crippen molar-refractivity contribution in [1.29, 1.82) is 0 Å². The molecule has 1 aromatic rings. The van der Waals surface area contributed by atoms with Crippen LogP contribution in [-0.4, -0.2) is 52.6 Å². The van der Waals surface area contributed by atoms with Gasteiger partial charge in [0.15, 0.2) is 0 Å². The molecule has 2 saturated heterocycles. The largest absolute Gasteiger partial charge is 0.390 e. The first kappa shape index (κ1) is 15.6. The average molecular weight is 317 g/mol. The number of nitrogens with zero attached hydrogens (tertiary/aromatic N) is 1. The molecule has 23 heavy (non-hydrogen) atoms. The van der Waals surface area contributed by atoms with Crippen molar-refractivity contribution in [2.45, 2.75) is 56.4 Å². The third-order valence-corrected chi connectivity index (χ3v) is 6.25. The van der Waals surface area contributed by atoms with Crippen LogP contribution in [0.1, 0.15) is 43.4 Å². The van der Waals surface area contributed by atoms with Gasteiger partial charge in [-0.3, -0.25) is 4.90 Å². The van der Waals surface area contributed by atoms with Gasteiger partial charge in [-0.25, -0.2) is 0 Å². The van der Waals surface area contributed by atoms with Gasteiger partial charge in [-0.05, 0) is 50.3 Å². The fraction of sp³-hybridized carbons (Fsp3) is 0.684. The molecule has 4 nitrogen and oxygen atoms in total. The predicted octanol–water partition coefficient (Wildman–Crippen LogP) is 1.90. The lowest BCUT2D eigenvalue weighted by molar-refractivity contribution is -0.129. The molecule has 126 valence electrons. The second kappa shape index (κ2) is 5.85. The number of benzene rings is 1. The van der Waals surface area contributed by atoms with E-state index in [1.807, 2.05) is 19.1 Å². The third-order valence-electron chi connectivity index (χ3n) is 6.25. The summed E-state index contributed by atoms with van der Waals surface area (Å²) < 4.78 is 5.68. The highest BCUT2D eigenvalue weighted by atomic mass is 16.5. The van der Waals surface area contributed by atoms with Gasteiger partial charge in [-0.2, -0.15) is 0 Å². The molecule has 4 rings (SSSR count). The molecule has 0 spiro atoms. The lowest BCUT2D eigenvalue weighted by Gasteiger charge is -2.45. The van der Waals surface area contributed by atoms with Crippen LogP contribution in [0.2, 0.25) is 0 Å². The minimum absolute atomic E-state index is 0.134. The van der Waals surface area contributed by atoms with Gasteiger partial charge in [0.1, 0.15) is 0 Å². The highest BCUT2D eigenvalue weighted by Gasteiger charge is 2.48. The average Bonchev–Trinajstić information content (AvgIpc) is 3.12. The first-order valence-corrected chi connectivity index (χ1v) is 8.90. The van der Waals surface area contributed by atoms with E-state index in [0.717, 1.165) is 31.4 Å². The molecule has 0 radical (unpaired) electrons. The molecule has 5 unspecified atom stereocenters. The van der Waals surface area contributed by atoms with Crippen LogP contribution in [0, 0.1) is 5.92 Å². The van der Waals surface area contributed by atoms with Crippen molar-refractivity contribution in [3.05, 3.63) is 35.4 Å². The molecule has 3 aliphatic rings. The van der Waals surface area contributed by atoms with Gasteiger partial charge in [0.05, 0.1) is 18.3 Å². The maximum Gasteiger partial charge on any atom is 0.0951 e. The quantitative estimate of drug-likeness (QED) is 0.875. The van der Waals surface area contributed by atoms with Crippen LogP contribution >= 0.6 is 0 Å². The van der Waals surface area contributed by atoms with E-state index in [9.17, 15) is 10.2 Å². The number of likely N-dealkylation sites (tertiary alicyclic amines) is 1. The monoisotopic (exact) mass is 317 g/mol. The second-order valence-electron chi connectivity index (χ2n) is 7.65. The van der Waals surface area contributed by atoms with Crippen LogP contribution < -0.4 is 0 Å². The molecule has 0 bridgehead atoms. The molecule has 2 fully saturated rings. The molecule has 1 aliphatic carbocycles. The first-order chi connectivity index (χ1) is 11.1. The lowest BCUT2D eigenvalue weighted by atomic mass is 9.79. The van der Waals surface area contributed by atoms with E-state index in [1.165, 1.54) is 5.56 Å². The Morgan fingerprint density at radius 1 is 1.26 bits per heavy atom. The maximum atomic E-state index is 10.8. The number of rotatable bonds is 2. The maximum absolute atomic E-state index is 10.8. The van der Waals surface area contributed by atoms with Crippen LogP contribution in [0.4, 0.5) is 0 Å². The standard InChI is InChI=1S/C19H27NO3/c1-19(22)8-10-23-12-15(19)16-7-4-9-20(16)17-11-13-5-2-3-6-14(13)18(17)21/h2-3,5-6,15-18,21-22H,4,7-12H2,1H3. The van der Waals surface area contributed by atoms with Crippen LogP contribution in [-0.2, 0) is 11.2 Å². The molecule has 2 aliphatic heterocycles. The summed E-state index contributed by atoms with van der Waals surface area (Å²) >= 11 is 0. The Morgan fingerprint density at radius 2 is 2.09 bits per heavy atom. The molecular weight excluding hydrogens is 290 g/mol. The van der Waals surface area contributed by atoms with Gasteiger partial charge in [-0.1, -0.05) is 24.3 Å². The van der Waals surface area contributed by atoms with Crippen molar-refractivity contribution in [2.75, 3.05) is 19.8 Å². The number of hydrogen-bond donors (Lipinski definition) is 2. The van der Waals surface area contributed by atoms with Gasteiger partial charge in [0, 0.05) is 24.6 Å². The normalized spacial score (nSPS) is 41.2. The van der Waals surface area contributed by atoms with Crippen molar-refractivity contribution in [3.63, 3.8) is 0 Å². The van der Waals surface area contributed by atoms with Gasteiger partial charge in [0.25, 0.3) is 0 Å². The molecular formula is C19H27NO3. The summed E-state index contributed by atoms with van der Waals surface area (Å²) in [6, 6.07) is 8.67. The van der Waals surface area contributed by atoms with Gasteiger partial charge >= 0.3 is 0 Å². The molecule has 0 amide bonds. The zero-order chi connectivity index (χ0) is 16.0. The molecule has 4 heteroatoms. The zero-order valence-electron chi connectivity index (χ0n) is 13.8. The van der Waals surface area contributed by atoms with Crippen molar-refractivity contribution in [1.82, 2.24) is 4.90 Å². The number of aliphatic hydroxyl groups excluding tert-OH is 1. The fourth-order valence-corrected chi connectivity index (χ4v) is 4.89. The number of aliphatic hydroxyl groups is 2. The molecule has 5 atom stereocenters. The van der Waals surface area contributed by atoms with E-state index in [4.69, 9.17) is 4.74 Å². The van der Waals surface area contributed by atoms with E-state index in [-0.39, 0.29) is 12.0 Å². The number of ether oxygens (including phenoxy) is 1. The minimum Gasteiger partial charge on any atom is -0.390 e. The summed E-state index contributed by atoms with van der Waals surface area (Å²) in [6.45, 7) is 4.24. The SMILES string of the molecule is CC1(O)CCOCC1C1CCCN1C1Cc2ccccc2C1O. The van der Waals surface area contributed by atoms with Crippen molar-refractivity contribution >= 4 is 0 Å². The Bertz CT molecular complexity index is 573. The highest BCUT2D eigenvalue weighted by Crippen LogP contribution is 2.42. The molecule has 1 aromatic carbocycles. The van der Waals surface area contributed by atoms with E-state index < -0.39 is 11.7 Å². The summed E-state index contributed by atoms with van der Waals surface area (Å²) in [5, 5.41) is 21.6. The topological polar surface area (TPSA) is 52.9 Å². The van der Waals surface area contributed by atoms with Crippen molar-refractivity contribution < 1.29 is 14.9 Å². The van der Waals surface area contributed by atoms with Crippen LogP contribution in [0.25, 0.3) is 0 Å². The van der Waals surface area contributed by atoms with E-state index in [1.54, 1.807) is 0 Å². The van der Waals surface area contributed by atoms with E-state index in [0.29, 0.717) is 25.7 Å². The Kier molecular flexibility index (Phi) is 3.96. The van der Waals surface area contributed by atoms with Crippen LogP contribution in [0.15, 0.2) is 24.3 Å². The Morgan fingerprint density at radius 3 is 2.87 bits per heavy atom. The van der Waals surface area contributed by atoms with Gasteiger partial charge in [-0.15, -0.1) is 0 Å². The van der Waals surface area contributed by atoms with Crippen molar-refractivity contribution in [2.24, 2.45) is 5.92 Å². The van der Waals surface area contributed by atoms with Crippen molar-refractivity contribution in [3.8, 4) is 0 Å². The van der Waals surface area contributed by atoms with E-state index >= 15 is 0 Å². The third kappa shape index (κ3) is 2.62. The summed E-state index contributed by atoms with van der Waals surface area (Å²) in [6.07, 6.45) is 3.42. The summed E-state index contributed by atoms with van der Waals surface area (Å²) in [5.41, 5.74) is 1.68. The first-order valence-electron chi connectivity index (χ1n) is 8.90. The Hall–Kier alpha value is -0.940. The minimum atomic E-state index is -0.665. The van der Waals surface area contributed by atoms with Gasteiger partial charge < -0.3 is 14.9 Å². The van der Waals surface area contributed by atoms with E-state index in [2.05, 4.69) is 17.0 Å². The summed E-state index contributed by atoms with van der Waals surface area (Å²) in [7, 11) is 0. The number of fused-ring (bicyclic) bond motifs is 1. The predicted molar refractivity (Wildman–Crippen MR) is 88.2 cm³/mol. The Balaban J connectivity index is 1.57. The summed E-state index contributed by atoms with van der Waals surface area (Å²) in [4.78, 5) is 2.46. The lowest BCUT2D eigenvalue weighted by Crippen LogP contribution is -2.55. The smallest absolute Gasteiger partial charge is 0.0951 e. The highest BCUT2D eigenvalue weighted by molar-refractivity contribution is 5.36. The molecule has 2 heterocycles. The van der Waals surface area contributed by atoms with Gasteiger partial charge in [0.2, 0.25) is 0 Å². The molecule has 0 aromatic heterocycles. The zero-order valence-corrected chi connectivity index (χ0v) is 13.8. The fourth-order valence-electron chi connectivity index (χ4n) is 4.89. The number of hydrogen-bond acceptors (Lipinski definition) is 4.